The Morgan fingerprint density at radius 2 is 2.15 bits per heavy atom. The van der Waals surface area contributed by atoms with Crippen molar-refractivity contribution in [2.24, 2.45) is 0 Å². The van der Waals surface area contributed by atoms with Gasteiger partial charge in [0.1, 0.15) is 9.77 Å². The lowest BCUT2D eigenvalue weighted by Gasteiger charge is -2.04. The number of nitrogens with one attached hydrogen (secondary N) is 1. The highest BCUT2D eigenvalue weighted by molar-refractivity contribution is 9.11. The minimum Gasteiger partial charge on any atom is -0.481 e. The fourth-order valence-corrected chi connectivity index (χ4v) is 4.81. The summed E-state index contributed by atoms with van der Waals surface area (Å²) in [5.74, 6) is -1.61. The molecule has 0 aliphatic rings. The summed E-state index contributed by atoms with van der Waals surface area (Å²) < 4.78 is 31.0. The fourth-order valence-electron chi connectivity index (χ4n) is 1.26. The molecule has 1 rings (SSSR count). The second-order valence-electron chi connectivity index (χ2n) is 3.64. The molecule has 0 unspecified atom stereocenters. The Hall–Kier alpha value is -0.970. The molecule has 0 saturated carbocycles. The highest BCUT2D eigenvalue weighted by atomic mass is 79.9. The molecule has 0 amide bonds. The number of sulfonamides is 1. The van der Waals surface area contributed by atoms with Gasteiger partial charge in [-0.25, -0.2) is 17.9 Å². The number of hydrogen-bond acceptors (Lipinski definition) is 6. The summed E-state index contributed by atoms with van der Waals surface area (Å²) in [5, 5.41) is 8.46. The minimum atomic E-state index is -3.80. The largest absolute Gasteiger partial charge is 0.481 e. The predicted molar refractivity (Wildman–Crippen MR) is 75.4 cm³/mol. The first-order chi connectivity index (χ1) is 9.27. The van der Waals surface area contributed by atoms with Crippen molar-refractivity contribution in [2.75, 3.05) is 13.7 Å². The molecule has 1 heterocycles. The quantitative estimate of drug-likeness (QED) is 0.542. The van der Waals surface area contributed by atoms with Crippen molar-refractivity contribution < 1.29 is 27.9 Å². The Labute approximate surface area is 128 Å². The second-order valence-corrected chi connectivity index (χ2v) is 7.74. The van der Waals surface area contributed by atoms with Gasteiger partial charge >= 0.3 is 11.9 Å². The van der Waals surface area contributed by atoms with Crippen molar-refractivity contribution in [2.45, 2.75) is 17.7 Å². The third-order valence-electron chi connectivity index (χ3n) is 2.19. The second kappa shape index (κ2) is 7.16. The maximum Gasteiger partial charge on any atom is 0.348 e. The molecule has 0 saturated heterocycles. The smallest absolute Gasteiger partial charge is 0.348 e. The van der Waals surface area contributed by atoms with E-state index in [1.807, 2.05) is 0 Å². The van der Waals surface area contributed by atoms with Crippen molar-refractivity contribution >= 4 is 49.2 Å². The first-order valence-corrected chi connectivity index (χ1v) is 8.46. The molecule has 2 N–H and O–H groups in total. The van der Waals surface area contributed by atoms with Gasteiger partial charge in [0.25, 0.3) is 0 Å². The molecular weight excluding hydrogens is 374 g/mol. The van der Waals surface area contributed by atoms with E-state index in [1.165, 1.54) is 13.2 Å². The van der Waals surface area contributed by atoms with Crippen molar-refractivity contribution in [1.82, 2.24) is 4.72 Å². The van der Waals surface area contributed by atoms with Crippen LogP contribution in [0.1, 0.15) is 22.5 Å². The number of esters is 1. The molecular formula is C10H12BrNO6S2. The first-order valence-electron chi connectivity index (χ1n) is 5.37. The van der Waals surface area contributed by atoms with Crippen LogP contribution >= 0.6 is 27.3 Å². The fraction of sp³-hybridized carbons (Fsp3) is 0.400. The van der Waals surface area contributed by atoms with Crippen LogP contribution in [-0.4, -0.2) is 39.1 Å². The third kappa shape index (κ3) is 4.54. The molecule has 0 atom stereocenters. The SMILES string of the molecule is COC(=O)c1cc(S(=O)(=O)NCCCC(=O)O)c(Br)s1. The van der Waals surface area contributed by atoms with Gasteiger partial charge in [0.2, 0.25) is 10.0 Å². The average Bonchev–Trinajstić information content (AvgIpc) is 2.76. The Bertz CT molecular complexity index is 609. The molecule has 112 valence electrons. The van der Waals surface area contributed by atoms with Crippen LogP contribution in [-0.2, 0) is 19.6 Å². The number of carboxylic acids is 1. The average molecular weight is 386 g/mol. The Balaban J connectivity index is 2.79. The number of halogens is 1. The van der Waals surface area contributed by atoms with E-state index in [2.05, 4.69) is 25.4 Å². The van der Waals surface area contributed by atoms with E-state index in [1.54, 1.807) is 0 Å². The highest BCUT2D eigenvalue weighted by Gasteiger charge is 2.23. The van der Waals surface area contributed by atoms with Crippen LogP contribution in [0.5, 0.6) is 0 Å². The van der Waals surface area contributed by atoms with Crippen LogP contribution in [0.2, 0.25) is 0 Å². The van der Waals surface area contributed by atoms with E-state index >= 15 is 0 Å². The predicted octanol–water partition coefficient (Wildman–Crippen LogP) is 1.44. The highest BCUT2D eigenvalue weighted by Crippen LogP contribution is 2.31. The van der Waals surface area contributed by atoms with Gasteiger partial charge in [-0.2, -0.15) is 0 Å². The molecule has 10 heteroatoms. The lowest BCUT2D eigenvalue weighted by molar-refractivity contribution is -0.137. The first kappa shape index (κ1) is 17.1. The summed E-state index contributed by atoms with van der Waals surface area (Å²) in [5.41, 5.74) is 0. The van der Waals surface area contributed by atoms with Gasteiger partial charge in [-0.05, 0) is 28.4 Å². The standard InChI is InChI=1S/C10H12BrNO6S2/c1-18-10(15)6-5-7(9(11)19-6)20(16,17)12-4-2-3-8(13)14/h5,12H,2-4H2,1H3,(H,13,14). The number of aliphatic carboxylic acids is 1. The number of hydrogen-bond donors (Lipinski definition) is 2. The molecule has 0 aliphatic carbocycles. The zero-order valence-electron chi connectivity index (χ0n) is 10.4. The number of methoxy groups -OCH3 is 1. The molecule has 1 aromatic rings. The Kier molecular flexibility index (Phi) is 6.11. The van der Waals surface area contributed by atoms with Gasteiger partial charge < -0.3 is 9.84 Å². The van der Waals surface area contributed by atoms with E-state index in [0.717, 1.165) is 11.3 Å². The summed E-state index contributed by atoms with van der Waals surface area (Å²) in [6.07, 6.45) is 0.0565. The topological polar surface area (TPSA) is 110 Å². The third-order valence-corrected chi connectivity index (χ3v) is 5.88. The summed E-state index contributed by atoms with van der Waals surface area (Å²) in [7, 11) is -2.59. The van der Waals surface area contributed by atoms with E-state index < -0.39 is 22.0 Å². The molecule has 0 spiro atoms. The normalized spacial score (nSPS) is 11.3. The van der Waals surface area contributed by atoms with Crippen LogP contribution in [0.25, 0.3) is 0 Å². The summed E-state index contributed by atoms with van der Waals surface area (Å²) >= 11 is 4.03. The van der Waals surface area contributed by atoms with Gasteiger partial charge in [0.15, 0.2) is 0 Å². The van der Waals surface area contributed by atoms with Crippen LogP contribution in [0.15, 0.2) is 14.7 Å². The van der Waals surface area contributed by atoms with E-state index in [-0.39, 0.29) is 32.9 Å². The zero-order chi connectivity index (χ0) is 15.3. The molecule has 0 aromatic carbocycles. The summed E-state index contributed by atoms with van der Waals surface area (Å²) in [6.45, 7) is 0.00444. The maximum absolute atomic E-state index is 12.0. The van der Waals surface area contributed by atoms with Gasteiger partial charge in [-0.15, -0.1) is 11.3 Å². The van der Waals surface area contributed by atoms with Crippen molar-refractivity contribution in [3.63, 3.8) is 0 Å². The zero-order valence-corrected chi connectivity index (χ0v) is 13.6. The van der Waals surface area contributed by atoms with E-state index in [0.29, 0.717) is 0 Å². The summed E-state index contributed by atoms with van der Waals surface area (Å²) in [4.78, 5) is 21.7. The molecule has 0 fully saturated rings. The van der Waals surface area contributed by atoms with Crippen LogP contribution in [0, 0.1) is 0 Å². The monoisotopic (exact) mass is 385 g/mol. The molecule has 0 aliphatic heterocycles. The van der Waals surface area contributed by atoms with Gasteiger partial charge in [-0.3, -0.25) is 4.79 Å². The van der Waals surface area contributed by atoms with Gasteiger partial charge in [0, 0.05) is 13.0 Å². The molecule has 0 radical (unpaired) electrons. The van der Waals surface area contributed by atoms with Crippen molar-refractivity contribution in [3.8, 4) is 0 Å². The number of ether oxygens (including phenoxy) is 1. The Morgan fingerprint density at radius 1 is 1.50 bits per heavy atom. The number of rotatable bonds is 7. The van der Waals surface area contributed by atoms with Gasteiger partial charge in [-0.1, -0.05) is 0 Å². The van der Waals surface area contributed by atoms with E-state index in [9.17, 15) is 18.0 Å². The summed E-state index contributed by atoms with van der Waals surface area (Å²) in [6, 6.07) is 1.21. The Morgan fingerprint density at radius 3 is 2.70 bits per heavy atom. The van der Waals surface area contributed by atoms with Crippen LogP contribution in [0.4, 0.5) is 0 Å². The molecule has 7 nitrogen and oxygen atoms in total. The van der Waals surface area contributed by atoms with E-state index in [4.69, 9.17) is 5.11 Å². The number of carboxylic acid groups (broad SMARTS) is 1. The number of carbonyl (C=O) groups excluding carboxylic acids is 1. The molecule has 0 bridgehead atoms. The van der Waals surface area contributed by atoms with Crippen LogP contribution < -0.4 is 4.72 Å². The minimum absolute atomic E-state index is 0.00444. The maximum atomic E-state index is 12.0. The number of thiophene rings is 1. The lowest BCUT2D eigenvalue weighted by Crippen LogP contribution is -2.25. The lowest BCUT2D eigenvalue weighted by atomic mass is 10.3. The molecule has 1 aromatic heterocycles. The van der Waals surface area contributed by atoms with Crippen LogP contribution in [0.3, 0.4) is 0 Å². The number of carbonyl (C=O) groups is 2. The molecule has 20 heavy (non-hydrogen) atoms. The van der Waals surface area contributed by atoms with Crippen molar-refractivity contribution in [3.05, 3.63) is 14.7 Å². The van der Waals surface area contributed by atoms with Gasteiger partial charge in [0.05, 0.1) is 10.9 Å². The van der Waals surface area contributed by atoms with Crippen molar-refractivity contribution in [1.29, 1.82) is 0 Å².